The molecule has 0 heterocycles. The average Bonchev–Trinajstić information content (AvgIpc) is 2.97. The molecule has 0 aromatic carbocycles. The number of hydrogen-bond acceptors (Lipinski definition) is 4. The molecule has 1 saturated carbocycles. The van der Waals surface area contributed by atoms with Gasteiger partial charge in [-0.05, 0) is 37.5 Å². The van der Waals surface area contributed by atoms with Crippen LogP contribution in [0.5, 0.6) is 0 Å². The van der Waals surface area contributed by atoms with Gasteiger partial charge in [-0.3, -0.25) is 9.59 Å². The second kappa shape index (κ2) is 27.5. The van der Waals surface area contributed by atoms with Crippen LogP contribution in [0, 0.1) is 23.7 Å². The zero-order valence-electron chi connectivity index (χ0n) is 28.7. The van der Waals surface area contributed by atoms with Gasteiger partial charge in [0.05, 0.1) is 25.0 Å². The summed E-state index contributed by atoms with van der Waals surface area (Å²) in [6.45, 7) is 10.2. The third-order valence-corrected chi connectivity index (χ3v) is 9.21. The minimum absolute atomic E-state index is 0.172. The Kier molecular flexibility index (Phi) is 25.5. The van der Waals surface area contributed by atoms with E-state index in [1.165, 1.54) is 116 Å². The lowest BCUT2D eigenvalue weighted by Gasteiger charge is -2.28. The van der Waals surface area contributed by atoms with Crippen molar-refractivity contribution in [3.05, 3.63) is 0 Å². The standard InChI is InChI=1S/C38H72O4/c1-33(2)27-21-17-13-9-5-7-11-15-19-25-31-41-37(39)35-29-23-24-30-36(35)38(40)42-32-26-20-16-12-8-6-10-14-18-22-28-34(3)4/h33-36H,5-32H2,1-4H3. The molecule has 0 aromatic rings. The molecular weight excluding hydrogens is 520 g/mol. The molecule has 1 aliphatic rings. The smallest absolute Gasteiger partial charge is 0.309 e. The van der Waals surface area contributed by atoms with Crippen molar-refractivity contribution >= 4 is 11.9 Å². The second-order valence-electron chi connectivity index (χ2n) is 14.3. The van der Waals surface area contributed by atoms with Crippen molar-refractivity contribution in [3.63, 3.8) is 0 Å². The minimum Gasteiger partial charge on any atom is -0.465 e. The lowest BCUT2D eigenvalue weighted by Crippen LogP contribution is -2.35. The molecule has 0 spiro atoms. The highest BCUT2D eigenvalue weighted by atomic mass is 16.5. The van der Waals surface area contributed by atoms with E-state index >= 15 is 0 Å². The van der Waals surface area contributed by atoms with Crippen molar-refractivity contribution in [1.82, 2.24) is 0 Å². The molecule has 1 rings (SSSR count). The SMILES string of the molecule is CC(C)CCCCCCCCCCCCOC(=O)C1CCCCC1C(=O)OCCCCCCCCCCCCC(C)C. The first-order valence-corrected chi connectivity index (χ1v) is 18.7. The van der Waals surface area contributed by atoms with Crippen molar-refractivity contribution in [2.75, 3.05) is 13.2 Å². The number of rotatable bonds is 28. The molecule has 1 fully saturated rings. The van der Waals surface area contributed by atoms with Gasteiger partial charge in [0.15, 0.2) is 0 Å². The van der Waals surface area contributed by atoms with Crippen LogP contribution in [0.25, 0.3) is 0 Å². The zero-order valence-corrected chi connectivity index (χ0v) is 28.7. The Morgan fingerprint density at radius 3 is 1.00 bits per heavy atom. The number of unbranched alkanes of at least 4 members (excludes halogenated alkanes) is 18. The summed E-state index contributed by atoms with van der Waals surface area (Å²) in [5, 5.41) is 0. The predicted molar refractivity (Wildman–Crippen MR) is 179 cm³/mol. The van der Waals surface area contributed by atoms with Gasteiger partial charge in [-0.15, -0.1) is 0 Å². The van der Waals surface area contributed by atoms with E-state index in [9.17, 15) is 9.59 Å². The van der Waals surface area contributed by atoms with E-state index in [0.29, 0.717) is 13.2 Å². The molecule has 0 bridgehead atoms. The third-order valence-electron chi connectivity index (χ3n) is 9.21. The van der Waals surface area contributed by atoms with Gasteiger partial charge in [-0.25, -0.2) is 0 Å². The van der Waals surface area contributed by atoms with Crippen LogP contribution in [-0.2, 0) is 19.1 Å². The van der Waals surface area contributed by atoms with Crippen LogP contribution in [0.2, 0.25) is 0 Å². The van der Waals surface area contributed by atoms with Crippen LogP contribution in [0.1, 0.15) is 195 Å². The van der Waals surface area contributed by atoms with Gasteiger partial charge < -0.3 is 9.47 Å². The maximum Gasteiger partial charge on any atom is 0.309 e. The normalized spacial score (nSPS) is 17.2. The molecule has 0 saturated heterocycles. The first-order chi connectivity index (χ1) is 20.4. The third kappa shape index (κ3) is 22.5. The Balaban J connectivity index is 2.02. The van der Waals surface area contributed by atoms with Crippen molar-refractivity contribution < 1.29 is 19.1 Å². The fraction of sp³-hybridized carbons (Fsp3) is 0.947. The lowest BCUT2D eigenvalue weighted by molar-refractivity contribution is -0.163. The Morgan fingerprint density at radius 1 is 0.452 bits per heavy atom. The van der Waals surface area contributed by atoms with Gasteiger partial charge in [0.2, 0.25) is 0 Å². The van der Waals surface area contributed by atoms with Crippen LogP contribution < -0.4 is 0 Å². The molecule has 1 aliphatic carbocycles. The van der Waals surface area contributed by atoms with Crippen molar-refractivity contribution in [2.45, 2.75) is 195 Å². The van der Waals surface area contributed by atoms with Gasteiger partial charge >= 0.3 is 11.9 Å². The van der Waals surface area contributed by atoms with Gasteiger partial charge in [-0.1, -0.05) is 169 Å². The van der Waals surface area contributed by atoms with Gasteiger partial charge in [0, 0.05) is 0 Å². The van der Waals surface area contributed by atoms with Gasteiger partial charge in [-0.2, -0.15) is 0 Å². The molecule has 0 radical (unpaired) electrons. The van der Waals surface area contributed by atoms with E-state index in [4.69, 9.17) is 9.47 Å². The Morgan fingerprint density at radius 2 is 0.714 bits per heavy atom. The highest BCUT2D eigenvalue weighted by Crippen LogP contribution is 2.32. The van der Waals surface area contributed by atoms with Crippen LogP contribution >= 0.6 is 0 Å². The predicted octanol–water partition coefficient (Wildman–Crippen LogP) is 11.8. The number of carbonyl (C=O) groups excluding carboxylic acids is 2. The monoisotopic (exact) mass is 593 g/mol. The van der Waals surface area contributed by atoms with E-state index in [0.717, 1.165) is 63.2 Å². The molecule has 4 nitrogen and oxygen atoms in total. The Labute approximate surface area is 262 Å². The topological polar surface area (TPSA) is 52.6 Å². The zero-order chi connectivity index (χ0) is 30.7. The highest BCUT2D eigenvalue weighted by Gasteiger charge is 2.37. The molecule has 0 N–H and O–H groups in total. The summed E-state index contributed by atoms with van der Waals surface area (Å²) >= 11 is 0. The maximum atomic E-state index is 12.8. The van der Waals surface area contributed by atoms with E-state index in [2.05, 4.69) is 27.7 Å². The van der Waals surface area contributed by atoms with Crippen molar-refractivity contribution in [2.24, 2.45) is 23.7 Å². The summed E-state index contributed by atoms with van der Waals surface area (Å²) in [7, 11) is 0. The van der Waals surface area contributed by atoms with Crippen LogP contribution in [0.3, 0.4) is 0 Å². The second-order valence-corrected chi connectivity index (χ2v) is 14.3. The molecule has 4 heteroatoms. The number of hydrogen-bond donors (Lipinski definition) is 0. The molecule has 42 heavy (non-hydrogen) atoms. The molecule has 2 atom stereocenters. The number of carbonyl (C=O) groups is 2. The fourth-order valence-corrected chi connectivity index (χ4v) is 6.39. The summed E-state index contributed by atoms with van der Waals surface area (Å²) < 4.78 is 11.3. The fourth-order valence-electron chi connectivity index (χ4n) is 6.39. The van der Waals surface area contributed by atoms with E-state index in [1.54, 1.807) is 0 Å². The lowest BCUT2D eigenvalue weighted by atomic mass is 9.79. The van der Waals surface area contributed by atoms with E-state index in [-0.39, 0.29) is 23.8 Å². The number of ether oxygens (including phenoxy) is 2. The van der Waals surface area contributed by atoms with Crippen LogP contribution in [-0.4, -0.2) is 25.2 Å². The van der Waals surface area contributed by atoms with Crippen LogP contribution in [0.15, 0.2) is 0 Å². The summed E-state index contributed by atoms with van der Waals surface area (Å²) in [5.74, 6) is 0.721. The largest absolute Gasteiger partial charge is 0.465 e. The van der Waals surface area contributed by atoms with Crippen LogP contribution in [0.4, 0.5) is 0 Å². The molecule has 0 aliphatic heterocycles. The summed E-state index contributed by atoms with van der Waals surface area (Å²) in [6.07, 6.45) is 31.8. The molecule has 0 amide bonds. The van der Waals surface area contributed by atoms with Gasteiger partial charge in [0.1, 0.15) is 0 Å². The first-order valence-electron chi connectivity index (χ1n) is 18.7. The van der Waals surface area contributed by atoms with E-state index in [1.807, 2.05) is 0 Å². The van der Waals surface area contributed by atoms with Crippen molar-refractivity contribution in [3.8, 4) is 0 Å². The summed E-state index contributed by atoms with van der Waals surface area (Å²) in [6, 6.07) is 0. The molecule has 2 unspecified atom stereocenters. The average molecular weight is 593 g/mol. The molecule has 248 valence electrons. The van der Waals surface area contributed by atoms with Crippen molar-refractivity contribution in [1.29, 1.82) is 0 Å². The Hall–Kier alpha value is -1.06. The highest BCUT2D eigenvalue weighted by molar-refractivity contribution is 5.82. The number of esters is 2. The quantitative estimate of drug-likeness (QED) is 0.0669. The van der Waals surface area contributed by atoms with Gasteiger partial charge in [0.25, 0.3) is 0 Å². The summed E-state index contributed by atoms with van der Waals surface area (Å²) in [5.41, 5.74) is 0. The molecular formula is C38H72O4. The maximum absolute atomic E-state index is 12.8. The minimum atomic E-state index is -0.308. The first kappa shape index (κ1) is 39.0. The molecule has 0 aromatic heterocycles. The van der Waals surface area contributed by atoms with E-state index < -0.39 is 0 Å². The summed E-state index contributed by atoms with van der Waals surface area (Å²) in [4.78, 5) is 25.6. The Bertz CT molecular complexity index is 575.